The molecular weight excluding hydrogens is 172 g/mol. The van der Waals surface area contributed by atoms with Crippen LogP contribution in [0.2, 0.25) is 0 Å². The van der Waals surface area contributed by atoms with Crippen LogP contribution in [0.3, 0.4) is 0 Å². The molecule has 14 heavy (non-hydrogen) atoms. The Labute approximate surface area is 84.7 Å². The summed E-state index contributed by atoms with van der Waals surface area (Å²) in [5, 5.41) is 9.01. The molecule has 2 N–H and O–H groups in total. The highest BCUT2D eigenvalue weighted by Crippen LogP contribution is 2.26. The summed E-state index contributed by atoms with van der Waals surface area (Å²) < 4.78 is 0. The maximum Gasteiger partial charge on any atom is 0.0918 e. The van der Waals surface area contributed by atoms with Gasteiger partial charge in [0.05, 0.1) is 11.5 Å². The molecule has 0 saturated heterocycles. The predicted molar refractivity (Wildman–Crippen MR) is 58.0 cm³/mol. The van der Waals surface area contributed by atoms with Gasteiger partial charge in [-0.1, -0.05) is 30.4 Å². The Morgan fingerprint density at radius 2 is 2.29 bits per heavy atom. The van der Waals surface area contributed by atoms with Gasteiger partial charge in [0.1, 0.15) is 0 Å². The molecule has 1 rings (SSSR count). The number of nitrogens with two attached hydrogens (primary N) is 1. The molecule has 2 nitrogen and oxygen atoms in total. The molecule has 0 aromatic carbocycles. The van der Waals surface area contributed by atoms with Crippen LogP contribution in [0, 0.1) is 16.7 Å². The van der Waals surface area contributed by atoms with E-state index in [1.54, 1.807) is 0 Å². The maximum atomic E-state index is 9.01. The van der Waals surface area contributed by atoms with Gasteiger partial charge in [0.15, 0.2) is 0 Å². The molecule has 0 aromatic heterocycles. The highest BCUT2D eigenvalue weighted by Gasteiger charge is 2.19. The van der Waals surface area contributed by atoms with Gasteiger partial charge in [0.2, 0.25) is 0 Å². The van der Waals surface area contributed by atoms with Gasteiger partial charge in [-0.3, -0.25) is 0 Å². The van der Waals surface area contributed by atoms with Crippen molar-refractivity contribution in [1.82, 2.24) is 0 Å². The standard InChI is InChI=1S/C12H14N2/c1-3-5-10-8-12(2,9-13)7-4-6-11(10)14/h3-8H,14H2,1-2H3/b5-3-. The zero-order chi connectivity index (χ0) is 10.6. The Morgan fingerprint density at radius 1 is 1.57 bits per heavy atom. The normalized spacial score (nSPS) is 26.6. The first kappa shape index (κ1) is 10.3. The van der Waals surface area contributed by atoms with Crippen molar-refractivity contribution in [1.29, 1.82) is 5.26 Å². The molecule has 0 aromatic rings. The summed E-state index contributed by atoms with van der Waals surface area (Å²) in [6.45, 7) is 3.79. The molecule has 0 bridgehead atoms. The van der Waals surface area contributed by atoms with Crippen molar-refractivity contribution in [2.45, 2.75) is 13.8 Å². The van der Waals surface area contributed by atoms with Gasteiger partial charge in [-0.2, -0.15) is 5.26 Å². The van der Waals surface area contributed by atoms with Crippen molar-refractivity contribution >= 4 is 0 Å². The topological polar surface area (TPSA) is 49.8 Å². The molecular formula is C12H14N2. The van der Waals surface area contributed by atoms with Crippen LogP contribution in [0.15, 0.2) is 47.7 Å². The molecule has 0 aliphatic heterocycles. The fourth-order valence-electron chi connectivity index (χ4n) is 1.30. The van der Waals surface area contributed by atoms with Crippen molar-refractivity contribution in [3.05, 3.63) is 47.7 Å². The fraction of sp³-hybridized carbons (Fsp3) is 0.250. The molecule has 72 valence electrons. The minimum Gasteiger partial charge on any atom is -0.398 e. The monoisotopic (exact) mass is 186 g/mol. The first-order chi connectivity index (χ1) is 6.61. The van der Waals surface area contributed by atoms with Crippen LogP contribution in [0.5, 0.6) is 0 Å². The average molecular weight is 186 g/mol. The third kappa shape index (κ3) is 2.14. The van der Waals surface area contributed by atoms with E-state index in [-0.39, 0.29) is 0 Å². The van der Waals surface area contributed by atoms with Gasteiger partial charge in [0.25, 0.3) is 0 Å². The smallest absolute Gasteiger partial charge is 0.0918 e. The first-order valence-electron chi connectivity index (χ1n) is 4.53. The van der Waals surface area contributed by atoms with E-state index in [1.807, 2.05) is 50.3 Å². The molecule has 1 unspecified atom stereocenters. The minimum atomic E-state index is -0.563. The van der Waals surface area contributed by atoms with Gasteiger partial charge >= 0.3 is 0 Å². The van der Waals surface area contributed by atoms with Crippen LogP contribution in [0.1, 0.15) is 13.8 Å². The molecule has 0 fully saturated rings. The summed E-state index contributed by atoms with van der Waals surface area (Å²) in [5.74, 6) is 0. The zero-order valence-corrected chi connectivity index (χ0v) is 8.49. The summed E-state index contributed by atoms with van der Waals surface area (Å²) in [4.78, 5) is 0. The van der Waals surface area contributed by atoms with Gasteiger partial charge in [-0.25, -0.2) is 0 Å². The summed E-state index contributed by atoms with van der Waals surface area (Å²) in [5.41, 5.74) is 6.86. The second-order valence-electron chi connectivity index (χ2n) is 3.48. The van der Waals surface area contributed by atoms with Crippen molar-refractivity contribution in [2.75, 3.05) is 0 Å². The van der Waals surface area contributed by atoms with Gasteiger partial charge < -0.3 is 5.73 Å². The first-order valence-corrected chi connectivity index (χ1v) is 4.53. The van der Waals surface area contributed by atoms with Crippen LogP contribution in [-0.2, 0) is 0 Å². The van der Waals surface area contributed by atoms with Gasteiger partial charge in [0, 0.05) is 5.70 Å². The molecule has 0 saturated carbocycles. The van der Waals surface area contributed by atoms with Crippen molar-refractivity contribution in [3.63, 3.8) is 0 Å². The predicted octanol–water partition coefficient (Wildman–Crippen LogP) is 2.43. The second kappa shape index (κ2) is 3.97. The van der Waals surface area contributed by atoms with Crippen molar-refractivity contribution < 1.29 is 0 Å². The van der Waals surface area contributed by atoms with E-state index in [2.05, 4.69) is 6.07 Å². The largest absolute Gasteiger partial charge is 0.398 e. The molecule has 2 heteroatoms. The molecule has 0 radical (unpaired) electrons. The number of hydrogen-bond donors (Lipinski definition) is 1. The lowest BCUT2D eigenvalue weighted by Crippen LogP contribution is -2.07. The SMILES string of the molecule is C/C=C\C1=CC(C)(C#N)C=CC=C1N. The van der Waals surface area contributed by atoms with Gasteiger partial charge in [-0.05, 0) is 25.5 Å². The third-order valence-corrected chi connectivity index (χ3v) is 2.09. The van der Waals surface area contributed by atoms with Gasteiger partial charge in [-0.15, -0.1) is 0 Å². The summed E-state index contributed by atoms with van der Waals surface area (Å²) in [6, 6.07) is 2.24. The van der Waals surface area contributed by atoms with E-state index in [1.165, 1.54) is 0 Å². The Kier molecular flexibility index (Phi) is 2.93. The zero-order valence-electron chi connectivity index (χ0n) is 8.49. The second-order valence-corrected chi connectivity index (χ2v) is 3.48. The number of allylic oxidation sites excluding steroid dienone is 6. The minimum absolute atomic E-state index is 0.563. The Hall–Kier alpha value is -1.75. The molecule has 0 spiro atoms. The fourth-order valence-corrected chi connectivity index (χ4v) is 1.30. The summed E-state index contributed by atoms with van der Waals surface area (Å²) in [6.07, 6.45) is 11.2. The third-order valence-electron chi connectivity index (χ3n) is 2.09. The average Bonchev–Trinajstić information content (AvgIpc) is 2.29. The summed E-state index contributed by atoms with van der Waals surface area (Å²) >= 11 is 0. The number of nitriles is 1. The lowest BCUT2D eigenvalue weighted by atomic mass is 9.90. The van der Waals surface area contributed by atoms with Crippen molar-refractivity contribution in [2.24, 2.45) is 11.1 Å². The number of nitrogens with zero attached hydrogens (tertiary/aromatic N) is 1. The Morgan fingerprint density at radius 3 is 2.86 bits per heavy atom. The van der Waals surface area contributed by atoms with E-state index in [0.29, 0.717) is 5.70 Å². The van der Waals surface area contributed by atoms with Crippen LogP contribution in [0.4, 0.5) is 0 Å². The van der Waals surface area contributed by atoms with E-state index in [9.17, 15) is 0 Å². The van der Waals surface area contributed by atoms with Crippen LogP contribution in [0.25, 0.3) is 0 Å². The number of rotatable bonds is 1. The van der Waals surface area contributed by atoms with Crippen LogP contribution < -0.4 is 5.73 Å². The number of hydrogen-bond acceptors (Lipinski definition) is 2. The van der Waals surface area contributed by atoms with E-state index in [4.69, 9.17) is 11.0 Å². The quantitative estimate of drug-likeness (QED) is 0.683. The Bertz CT molecular complexity index is 378. The molecule has 0 heterocycles. The molecule has 1 atom stereocenters. The molecule has 1 aliphatic carbocycles. The molecule has 1 aliphatic rings. The highest BCUT2D eigenvalue weighted by atomic mass is 14.6. The Balaban J connectivity index is 3.19. The molecule has 0 amide bonds. The maximum absolute atomic E-state index is 9.01. The highest BCUT2D eigenvalue weighted by molar-refractivity contribution is 5.45. The van der Waals surface area contributed by atoms with Crippen LogP contribution in [-0.4, -0.2) is 0 Å². The van der Waals surface area contributed by atoms with E-state index in [0.717, 1.165) is 5.57 Å². The van der Waals surface area contributed by atoms with E-state index < -0.39 is 5.41 Å². The lowest BCUT2D eigenvalue weighted by molar-refractivity contribution is 0.733. The van der Waals surface area contributed by atoms with E-state index >= 15 is 0 Å². The van der Waals surface area contributed by atoms with Crippen LogP contribution >= 0.6 is 0 Å². The summed E-state index contributed by atoms with van der Waals surface area (Å²) in [7, 11) is 0. The lowest BCUT2D eigenvalue weighted by Gasteiger charge is -2.11. The van der Waals surface area contributed by atoms with Crippen molar-refractivity contribution in [3.8, 4) is 6.07 Å².